The third kappa shape index (κ3) is 6.99. The predicted octanol–water partition coefficient (Wildman–Crippen LogP) is 0.705. The first-order chi connectivity index (χ1) is 8.01. The minimum Gasteiger partial charge on any atom is -0.389 e. The van der Waals surface area contributed by atoms with Gasteiger partial charge >= 0.3 is 0 Å². The SMILES string of the molecule is COCCNCC1CCCN(CC(C)(C)O)C1. The zero-order valence-electron chi connectivity index (χ0n) is 11.5. The molecule has 0 aromatic heterocycles. The second kappa shape index (κ2) is 7.31. The number of piperidine rings is 1. The number of aliphatic hydroxyl groups is 1. The van der Waals surface area contributed by atoms with Gasteiger partial charge in [-0.1, -0.05) is 0 Å². The molecule has 1 fully saturated rings. The van der Waals surface area contributed by atoms with Gasteiger partial charge in [0.2, 0.25) is 0 Å². The largest absolute Gasteiger partial charge is 0.389 e. The van der Waals surface area contributed by atoms with Crippen LogP contribution in [0.3, 0.4) is 0 Å². The number of ether oxygens (including phenoxy) is 1. The van der Waals surface area contributed by atoms with E-state index in [4.69, 9.17) is 4.74 Å². The zero-order valence-corrected chi connectivity index (χ0v) is 11.5. The van der Waals surface area contributed by atoms with Gasteiger partial charge in [0.15, 0.2) is 0 Å². The third-order valence-electron chi connectivity index (χ3n) is 3.13. The summed E-state index contributed by atoms with van der Waals surface area (Å²) < 4.78 is 5.01. The van der Waals surface area contributed by atoms with Gasteiger partial charge in [-0.25, -0.2) is 0 Å². The molecule has 1 atom stereocenters. The Hall–Kier alpha value is -0.160. The van der Waals surface area contributed by atoms with Crippen molar-refractivity contribution >= 4 is 0 Å². The van der Waals surface area contributed by atoms with Crippen LogP contribution >= 0.6 is 0 Å². The molecular formula is C13H28N2O2. The maximum Gasteiger partial charge on any atom is 0.0718 e. The van der Waals surface area contributed by atoms with Gasteiger partial charge in [0.05, 0.1) is 12.2 Å². The van der Waals surface area contributed by atoms with E-state index in [0.717, 1.165) is 39.3 Å². The molecule has 4 nitrogen and oxygen atoms in total. The molecule has 0 spiro atoms. The molecule has 1 heterocycles. The van der Waals surface area contributed by atoms with E-state index in [1.165, 1.54) is 12.8 Å². The number of hydrogen-bond acceptors (Lipinski definition) is 4. The summed E-state index contributed by atoms with van der Waals surface area (Å²) in [7, 11) is 1.73. The highest BCUT2D eigenvalue weighted by Gasteiger charge is 2.24. The van der Waals surface area contributed by atoms with Crippen molar-refractivity contribution in [3.05, 3.63) is 0 Å². The van der Waals surface area contributed by atoms with E-state index in [1.54, 1.807) is 7.11 Å². The molecule has 2 N–H and O–H groups in total. The number of nitrogens with zero attached hydrogens (tertiary/aromatic N) is 1. The number of methoxy groups -OCH3 is 1. The molecule has 0 aliphatic carbocycles. The summed E-state index contributed by atoms with van der Waals surface area (Å²) >= 11 is 0. The van der Waals surface area contributed by atoms with Gasteiger partial charge in [-0.2, -0.15) is 0 Å². The summed E-state index contributed by atoms with van der Waals surface area (Å²) in [6.45, 7) is 9.54. The van der Waals surface area contributed by atoms with Crippen molar-refractivity contribution in [2.75, 3.05) is 46.4 Å². The molecule has 1 unspecified atom stereocenters. The number of hydrogen-bond donors (Lipinski definition) is 2. The molecule has 0 aromatic rings. The first kappa shape index (κ1) is 14.9. The van der Waals surface area contributed by atoms with Gasteiger partial charge in [-0.3, -0.25) is 0 Å². The summed E-state index contributed by atoms with van der Waals surface area (Å²) in [5.41, 5.74) is -0.578. The first-order valence-electron chi connectivity index (χ1n) is 6.65. The van der Waals surface area contributed by atoms with E-state index in [9.17, 15) is 5.11 Å². The van der Waals surface area contributed by atoms with Crippen LogP contribution in [0.1, 0.15) is 26.7 Å². The second-order valence-corrected chi connectivity index (χ2v) is 5.75. The second-order valence-electron chi connectivity index (χ2n) is 5.75. The standard InChI is InChI=1S/C13H28N2O2/c1-13(2,16)11-15-7-4-5-12(10-15)9-14-6-8-17-3/h12,14,16H,4-11H2,1-3H3. The van der Waals surface area contributed by atoms with Crippen LogP contribution in [0.2, 0.25) is 0 Å². The highest BCUT2D eigenvalue weighted by Crippen LogP contribution is 2.17. The van der Waals surface area contributed by atoms with E-state index in [-0.39, 0.29) is 0 Å². The van der Waals surface area contributed by atoms with Crippen LogP contribution < -0.4 is 5.32 Å². The van der Waals surface area contributed by atoms with Crippen LogP contribution in [0.25, 0.3) is 0 Å². The Morgan fingerprint density at radius 3 is 2.88 bits per heavy atom. The molecule has 1 rings (SSSR count). The Morgan fingerprint density at radius 1 is 1.47 bits per heavy atom. The van der Waals surface area contributed by atoms with Crippen molar-refractivity contribution in [2.45, 2.75) is 32.3 Å². The average molecular weight is 244 g/mol. The molecular weight excluding hydrogens is 216 g/mol. The van der Waals surface area contributed by atoms with Crippen LogP contribution in [-0.2, 0) is 4.74 Å². The monoisotopic (exact) mass is 244 g/mol. The van der Waals surface area contributed by atoms with E-state index >= 15 is 0 Å². The van der Waals surface area contributed by atoms with Gasteiger partial charge < -0.3 is 20.1 Å². The van der Waals surface area contributed by atoms with Crippen LogP contribution in [0.5, 0.6) is 0 Å². The van der Waals surface area contributed by atoms with Crippen molar-refractivity contribution in [1.29, 1.82) is 0 Å². The summed E-state index contributed by atoms with van der Waals surface area (Å²) in [4.78, 5) is 2.38. The molecule has 1 saturated heterocycles. The average Bonchev–Trinajstić information content (AvgIpc) is 2.23. The van der Waals surface area contributed by atoms with E-state index < -0.39 is 5.60 Å². The fraction of sp³-hybridized carbons (Fsp3) is 1.00. The molecule has 0 saturated carbocycles. The lowest BCUT2D eigenvalue weighted by Gasteiger charge is -2.36. The first-order valence-corrected chi connectivity index (χ1v) is 6.65. The number of likely N-dealkylation sites (tertiary alicyclic amines) is 1. The highest BCUT2D eigenvalue weighted by atomic mass is 16.5. The normalized spacial score (nSPS) is 22.9. The number of β-amino-alcohol motifs (C(OH)–C–C–N with tert-alkyl or cyclic N) is 1. The molecule has 102 valence electrons. The lowest BCUT2D eigenvalue weighted by Crippen LogP contribution is -2.46. The van der Waals surface area contributed by atoms with Crippen molar-refractivity contribution in [2.24, 2.45) is 5.92 Å². The molecule has 4 heteroatoms. The Balaban J connectivity index is 2.19. The molecule has 17 heavy (non-hydrogen) atoms. The zero-order chi connectivity index (χ0) is 12.7. The van der Waals surface area contributed by atoms with Crippen LogP contribution in [0, 0.1) is 5.92 Å². The van der Waals surface area contributed by atoms with Crippen molar-refractivity contribution in [3.8, 4) is 0 Å². The van der Waals surface area contributed by atoms with Gasteiger partial charge in [-0.15, -0.1) is 0 Å². The van der Waals surface area contributed by atoms with Crippen molar-refractivity contribution in [3.63, 3.8) is 0 Å². The van der Waals surface area contributed by atoms with E-state index in [2.05, 4.69) is 10.2 Å². The topological polar surface area (TPSA) is 44.7 Å². The minimum atomic E-state index is -0.578. The van der Waals surface area contributed by atoms with Gasteiger partial charge in [0.1, 0.15) is 0 Å². The molecule has 0 amide bonds. The lowest BCUT2D eigenvalue weighted by atomic mass is 9.96. The maximum atomic E-state index is 9.83. The van der Waals surface area contributed by atoms with Gasteiger partial charge in [0.25, 0.3) is 0 Å². The number of nitrogens with one attached hydrogen (secondary N) is 1. The lowest BCUT2D eigenvalue weighted by molar-refractivity contribution is 0.0215. The van der Waals surface area contributed by atoms with Crippen LogP contribution in [0.4, 0.5) is 0 Å². The summed E-state index contributed by atoms with van der Waals surface area (Å²) in [5.74, 6) is 0.711. The fourth-order valence-electron chi connectivity index (χ4n) is 2.49. The minimum absolute atomic E-state index is 0.578. The Kier molecular flexibility index (Phi) is 6.41. The van der Waals surface area contributed by atoms with Gasteiger partial charge in [-0.05, 0) is 45.7 Å². The van der Waals surface area contributed by atoms with Crippen molar-refractivity contribution < 1.29 is 9.84 Å². The molecule has 0 aromatic carbocycles. The van der Waals surface area contributed by atoms with E-state index in [0.29, 0.717) is 5.92 Å². The van der Waals surface area contributed by atoms with Crippen LogP contribution in [-0.4, -0.2) is 62.0 Å². The highest BCUT2D eigenvalue weighted by molar-refractivity contribution is 4.79. The molecule has 0 bridgehead atoms. The Bertz CT molecular complexity index is 204. The summed E-state index contributed by atoms with van der Waals surface area (Å²) in [5, 5.41) is 13.3. The maximum absolute atomic E-state index is 9.83. The molecule has 0 radical (unpaired) electrons. The Labute approximate surface area is 105 Å². The Morgan fingerprint density at radius 2 is 2.24 bits per heavy atom. The number of rotatable bonds is 7. The quantitative estimate of drug-likeness (QED) is 0.647. The smallest absolute Gasteiger partial charge is 0.0718 e. The summed E-state index contributed by atoms with van der Waals surface area (Å²) in [6.07, 6.45) is 2.54. The van der Waals surface area contributed by atoms with E-state index in [1.807, 2.05) is 13.8 Å². The van der Waals surface area contributed by atoms with Gasteiger partial charge in [0, 0.05) is 26.7 Å². The van der Waals surface area contributed by atoms with Crippen molar-refractivity contribution in [1.82, 2.24) is 10.2 Å². The fourth-order valence-corrected chi connectivity index (χ4v) is 2.49. The third-order valence-corrected chi connectivity index (χ3v) is 3.13. The molecule has 1 aliphatic heterocycles. The predicted molar refractivity (Wildman–Crippen MR) is 70.2 cm³/mol. The van der Waals surface area contributed by atoms with Crippen LogP contribution in [0.15, 0.2) is 0 Å². The molecule has 1 aliphatic rings. The summed E-state index contributed by atoms with van der Waals surface area (Å²) in [6, 6.07) is 0.